The lowest BCUT2D eigenvalue weighted by Gasteiger charge is -2.24. The summed E-state index contributed by atoms with van der Waals surface area (Å²) in [6.45, 7) is 5.73. The number of nitro groups is 1. The first-order valence-electron chi connectivity index (χ1n) is 9.30. The predicted octanol–water partition coefficient (Wildman–Crippen LogP) is 4.61. The lowest BCUT2D eigenvalue weighted by Crippen LogP contribution is -2.33. The van der Waals surface area contributed by atoms with Crippen LogP contribution >= 0.6 is 0 Å². The van der Waals surface area contributed by atoms with Gasteiger partial charge in [0.2, 0.25) is 5.91 Å². The van der Waals surface area contributed by atoms with Crippen molar-refractivity contribution in [3.05, 3.63) is 75.8 Å². The van der Waals surface area contributed by atoms with E-state index < -0.39 is 16.6 Å². The second kappa shape index (κ2) is 9.69. The number of nitrogens with one attached hydrogen (secondary N) is 1. The van der Waals surface area contributed by atoms with Crippen LogP contribution in [0.4, 0.5) is 16.2 Å². The molecule has 0 radical (unpaired) electrons. The zero-order chi connectivity index (χ0) is 22.3. The van der Waals surface area contributed by atoms with Gasteiger partial charge in [-0.3, -0.25) is 14.9 Å². The Morgan fingerprint density at radius 1 is 1.17 bits per heavy atom. The van der Waals surface area contributed by atoms with E-state index in [1.54, 1.807) is 58.2 Å². The first-order chi connectivity index (χ1) is 14.0. The zero-order valence-corrected chi connectivity index (χ0v) is 17.4. The van der Waals surface area contributed by atoms with Gasteiger partial charge < -0.3 is 15.0 Å². The SMILES string of the molecule is CN(Cc1cccc(NC(=O)/C=C/c2cccc([N+](=O)[O-])c2)c1)C(=O)OC(C)(C)C. The quantitative estimate of drug-likeness (QED) is 0.425. The molecule has 0 bridgehead atoms. The van der Waals surface area contributed by atoms with E-state index in [-0.39, 0.29) is 11.6 Å². The van der Waals surface area contributed by atoms with Crippen molar-refractivity contribution in [2.75, 3.05) is 12.4 Å². The zero-order valence-electron chi connectivity index (χ0n) is 17.4. The Bertz CT molecular complexity index is 963. The molecule has 0 saturated carbocycles. The maximum Gasteiger partial charge on any atom is 0.410 e. The number of non-ortho nitro benzene ring substituents is 1. The molecule has 0 saturated heterocycles. The normalized spacial score (nSPS) is 11.2. The van der Waals surface area contributed by atoms with Crippen molar-refractivity contribution >= 4 is 29.5 Å². The van der Waals surface area contributed by atoms with Crippen LogP contribution in [0.3, 0.4) is 0 Å². The van der Waals surface area contributed by atoms with Gasteiger partial charge in [-0.25, -0.2) is 4.79 Å². The number of rotatable bonds is 6. The van der Waals surface area contributed by atoms with Crippen molar-refractivity contribution in [3.8, 4) is 0 Å². The average Bonchev–Trinajstić information content (AvgIpc) is 2.65. The minimum absolute atomic E-state index is 0.0423. The van der Waals surface area contributed by atoms with Gasteiger partial charge in [0.25, 0.3) is 5.69 Å². The van der Waals surface area contributed by atoms with Gasteiger partial charge >= 0.3 is 6.09 Å². The Balaban J connectivity index is 1.99. The standard InChI is InChI=1S/C22H25N3O5/c1-22(2,3)30-21(27)24(4)15-17-8-5-9-18(13-17)23-20(26)12-11-16-7-6-10-19(14-16)25(28)29/h5-14H,15H2,1-4H3,(H,23,26)/b12-11+. The number of nitrogens with zero attached hydrogens (tertiary/aromatic N) is 2. The molecule has 0 aliphatic rings. The number of amides is 2. The topological polar surface area (TPSA) is 102 Å². The fraction of sp³-hybridized carbons (Fsp3) is 0.273. The molecule has 0 aromatic heterocycles. The van der Waals surface area contributed by atoms with Gasteiger partial charge in [-0.05, 0) is 50.1 Å². The molecule has 2 amide bonds. The van der Waals surface area contributed by atoms with Crippen LogP contribution in [-0.4, -0.2) is 34.5 Å². The lowest BCUT2D eigenvalue weighted by atomic mass is 10.1. The number of hydrogen-bond donors (Lipinski definition) is 1. The summed E-state index contributed by atoms with van der Waals surface area (Å²) >= 11 is 0. The van der Waals surface area contributed by atoms with Gasteiger partial charge in [0.15, 0.2) is 0 Å². The lowest BCUT2D eigenvalue weighted by molar-refractivity contribution is -0.384. The van der Waals surface area contributed by atoms with E-state index in [0.29, 0.717) is 17.8 Å². The third kappa shape index (κ3) is 7.38. The third-order valence-corrected chi connectivity index (χ3v) is 3.83. The first-order valence-corrected chi connectivity index (χ1v) is 9.30. The van der Waals surface area contributed by atoms with Crippen LogP contribution in [0.25, 0.3) is 6.08 Å². The monoisotopic (exact) mass is 411 g/mol. The Labute approximate surface area is 175 Å². The van der Waals surface area contributed by atoms with Gasteiger partial charge in [0, 0.05) is 37.5 Å². The molecule has 0 fully saturated rings. The highest BCUT2D eigenvalue weighted by Crippen LogP contribution is 2.16. The number of ether oxygens (including phenoxy) is 1. The molecule has 158 valence electrons. The molecule has 8 heteroatoms. The Kier molecular flexibility index (Phi) is 7.30. The van der Waals surface area contributed by atoms with Crippen molar-refractivity contribution in [2.45, 2.75) is 32.9 Å². The van der Waals surface area contributed by atoms with Crippen molar-refractivity contribution in [2.24, 2.45) is 0 Å². The number of carbonyl (C=O) groups is 2. The van der Waals surface area contributed by atoms with Crippen molar-refractivity contribution in [1.82, 2.24) is 4.90 Å². The molecular weight excluding hydrogens is 386 g/mol. The summed E-state index contributed by atoms with van der Waals surface area (Å²) in [6, 6.07) is 13.1. The molecule has 0 atom stereocenters. The third-order valence-electron chi connectivity index (χ3n) is 3.83. The molecule has 0 aliphatic heterocycles. The van der Waals surface area contributed by atoms with Gasteiger partial charge in [0.05, 0.1) is 4.92 Å². The summed E-state index contributed by atoms with van der Waals surface area (Å²) in [6.07, 6.45) is 2.37. The maximum absolute atomic E-state index is 12.2. The van der Waals surface area contributed by atoms with E-state index in [0.717, 1.165) is 5.56 Å². The molecule has 1 N–H and O–H groups in total. The largest absolute Gasteiger partial charge is 0.444 e. The summed E-state index contributed by atoms with van der Waals surface area (Å²) < 4.78 is 5.33. The molecule has 2 rings (SSSR count). The Morgan fingerprint density at radius 2 is 1.87 bits per heavy atom. The van der Waals surface area contributed by atoms with Gasteiger partial charge in [0.1, 0.15) is 5.60 Å². The molecule has 2 aromatic carbocycles. The Hall–Kier alpha value is -3.68. The van der Waals surface area contributed by atoms with Crippen LogP contribution in [0.15, 0.2) is 54.6 Å². The second-order valence-corrected chi connectivity index (χ2v) is 7.71. The van der Waals surface area contributed by atoms with Crippen LogP contribution in [-0.2, 0) is 16.1 Å². The summed E-state index contributed by atoms with van der Waals surface area (Å²) in [5.74, 6) is -0.376. The summed E-state index contributed by atoms with van der Waals surface area (Å²) in [5, 5.41) is 13.6. The molecular formula is C22H25N3O5. The van der Waals surface area contributed by atoms with Crippen molar-refractivity contribution < 1.29 is 19.2 Å². The van der Waals surface area contributed by atoms with Crippen molar-refractivity contribution in [1.29, 1.82) is 0 Å². The number of carbonyl (C=O) groups excluding carboxylic acids is 2. The van der Waals surface area contributed by atoms with Gasteiger partial charge in [-0.15, -0.1) is 0 Å². The minimum atomic E-state index is -0.577. The minimum Gasteiger partial charge on any atom is -0.444 e. The second-order valence-electron chi connectivity index (χ2n) is 7.71. The van der Waals surface area contributed by atoms with Crippen LogP contribution in [0, 0.1) is 10.1 Å². The molecule has 8 nitrogen and oxygen atoms in total. The predicted molar refractivity (Wildman–Crippen MR) is 115 cm³/mol. The highest BCUT2D eigenvalue weighted by molar-refractivity contribution is 6.02. The van der Waals surface area contributed by atoms with Crippen LogP contribution in [0.2, 0.25) is 0 Å². The smallest absolute Gasteiger partial charge is 0.410 e. The van der Waals surface area contributed by atoms with E-state index in [9.17, 15) is 19.7 Å². The Morgan fingerprint density at radius 3 is 2.53 bits per heavy atom. The number of hydrogen-bond acceptors (Lipinski definition) is 5. The fourth-order valence-electron chi connectivity index (χ4n) is 2.52. The van der Waals surface area contributed by atoms with Crippen LogP contribution in [0.1, 0.15) is 31.9 Å². The molecule has 30 heavy (non-hydrogen) atoms. The molecule has 0 unspecified atom stereocenters. The van der Waals surface area contributed by atoms with Crippen LogP contribution in [0.5, 0.6) is 0 Å². The highest BCUT2D eigenvalue weighted by atomic mass is 16.6. The van der Waals surface area contributed by atoms with E-state index in [2.05, 4.69) is 5.32 Å². The van der Waals surface area contributed by atoms with Crippen LogP contribution < -0.4 is 5.32 Å². The number of benzene rings is 2. The van der Waals surface area contributed by atoms with E-state index >= 15 is 0 Å². The van der Waals surface area contributed by atoms with E-state index in [1.807, 2.05) is 6.07 Å². The van der Waals surface area contributed by atoms with Gasteiger partial charge in [-0.2, -0.15) is 0 Å². The molecule has 0 aliphatic carbocycles. The molecule has 0 heterocycles. The summed E-state index contributed by atoms with van der Waals surface area (Å²) in [5.41, 5.74) is 1.32. The summed E-state index contributed by atoms with van der Waals surface area (Å²) in [7, 11) is 1.64. The summed E-state index contributed by atoms with van der Waals surface area (Å²) in [4.78, 5) is 36.1. The molecule has 2 aromatic rings. The van der Waals surface area contributed by atoms with E-state index in [1.165, 1.54) is 29.2 Å². The number of nitro benzene ring substituents is 1. The highest BCUT2D eigenvalue weighted by Gasteiger charge is 2.19. The van der Waals surface area contributed by atoms with Crippen molar-refractivity contribution in [3.63, 3.8) is 0 Å². The average molecular weight is 411 g/mol. The molecule has 0 spiro atoms. The maximum atomic E-state index is 12.2. The van der Waals surface area contributed by atoms with Gasteiger partial charge in [-0.1, -0.05) is 24.3 Å². The van der Waals surface area contributed by atoms with E-state index in [4.69, 9.17) is 4.74 Å². The first kappa shape index (κ1) is 22.6. The number of anilines is 1. The fourth-order valence-corrected chi connectivity index (χ4v) is 2.52.